The summed E-state index contributed by atoms with van der Waals surface area (Å²) >= 11 is 7.46. The molecule has 9 heteroatoms. The van der Waals surface area contributed by atoms with Crippen molar-refractivity contribution in [3.05, 3.63) is 59.8 Å². The van der Waals surface area contributed by atoms with Crippen molar-refractivity contribution in [1.82, 2.24) is 25.1 Å². The third kappa shape index (κ3) is 4.39. The van der Waals surface area contributed by atoms with E-state index >= 15 is 0 Å². The lowest BCUT2D eigenvalue weighted by atomic mass is 10.1. The molecule has 0 aliphatic carbocycles. The predicted octanol–water partition coefficient (Wildman–Crippen LogP) is 4.46. The molecule has 2 aromatic carbocycles. The highest BCUT2D eigenvalue weighted by atomic mass is 35.5. The first-order chi connectivity index (χ1) is 15.7. The van der Waals surface area contributed by atoms with Crippen molar-refractivity contribution in [3.8, 4) is 17.1 Å². The Hall–Kier alpha value is -2.81. The van der Waals surface area contributed by atoms with Crippen LogP contribution in [-0.4, -0.2) is 50.7 Å². The zero-order valence-electron chi connectivity index (χ0n) is 17.3. The minimum absolute atomic E-state index is 0.0511. The highest BCUT2D eigenvalue weighted by molar-refractivity contribution is 7.99. The normalized spacial score (nSPS) is 16.0. The number of ether oxygens (including phenoxy) is 1. The Labute approximate surface area is 194 Å². The fourth-order valence-electron chi connectivity index (χ4n) is 3.83. The molecule has 4 aromatic rings. The second-order valence-electron chi connectivity index (χ2n) is 7.59. The van der Waals surface area contributed by atoms with E-state index in [1.165, 1.54) is 11.8 Å². The number of aromatic nitrogens is 4. The van der Waals surface area contributed by atoms with Gasteiger partial charge in [-0.15, -0.1) is 10.2 Å². The topological polar surface area (TPSA) is 84.8 Å². The summed E-state index contributed by atoms with van der Waals surface area (Å²) in [6.45, 7) is 1.32. The number of halogens is 1. The number of para-hydroxylation sites is 1. The Morgan fingerprint density at radius 1 is 1.22 bits per heavy atom. The van der Waals surface area contributed by atoms with Crippen LogP contribution in [0, 0.1) is 0 Å². The SMILES string of the molecule is O=C(CSc1nnc(-c2c[nH]c3ccccc23)n1-c1ccc(Cl)cc1)NC[C@H]1CCCO1. The Kier molecular flexibility index (Phi) is 6.16. The van der Waals surface area contributed by atoms with Crippen LogP contribution in [0.25, 0.3) is 28.0 Å². The van der Waals surface area contributed by atoms with Gasteiger partial charge in [0.05, 0.1) is 11.9 Å². The van der Waals surface area contributed by atoms with Crippen molar-refractivity contribution >= 4 is 40.2 Å². The first kappa shape index (κ1) is 21.1. The Bertz CT molecular complexity index is 1230. The number of nitrogens with one attached hydrogen (secondary N) is 2. The number of carbonyl (C=O) groups is 1. The van der Waals surface area contributed by atoms with Gasteiger partial charge in [-0.05, 0) is 43.2 Å². The van der Waals surface area contributed by atoms with Gasteiger partial charge in [0.25, 0.3) is 0 Å². The molecule has 0 radical (unpaired) electrons. The lowest BCUT2D eigenvalue weighted by molar-refractivity contribution is -0.119. The number of thioether (sulfide) groups is 1. The van der Waals surface area contributed by atoms with E-state index in [0.717, 1.165) is 41.6 Å². The Morgan fingerprint density at radius 2 is 2.06 bits per heavy atom. The van der Waals surface area contributed by atoms with Crippen LogP contribution < -0.4 is 5.32 Å². The number of hydrogen-bond donors (Lipinski definition) is 2. The average molecular weight is 468 g/mol. The highest BCUT2D eigenvalue weighted by Crippen LogP contribution is 2.32. The van der Waals surface area contributed by atoms with Gasteiger partial charge in [0.15, 0.2) is 11.0 Å². The third-order valence-corrected chi connectivity index (χ3v) is 6.61. The van der Waals surface area contributed by atoms with Gasteiger partial charge >= 0.3 is 0 Å². The minimum Gasteiger partial charge on any atom is -0.376 e. The van der Waals surface area contributed by atoms with E-state index in [1.807, 2.05) is 59.3 Å². The fraction of sp³-hybridized carbons (Fsp3) is 0.261. The van der Waals surface area contributed by atoms with E-state index < -0.39 is 0 Å². The quantitative estimate of drug-likeness (QED) is 0.392. The lowest BCUT2D eigenvalue weighted by Gasteiger charge is -2.12. The molecule has 0 spiro atoms. The van der Waals surface area contributed by atoms with Crippen LogP contribution in [-0.2, 0) is 9.53 Å². The molecule has 0 saturated carbocycles. The number of nitrogens with zero attached hydrogens (tertiary/aromatic N) is 3. The number of H-pyrrole nitrogens is 1. The van der Waals surface area contributed by atoms with Crippen molar-refractivity contribution in [2.75, 3.05) is 18.9 Å². The molecule has 5 rings (SSSR count). The van der Waals surface area contributed by atoms with E-state index in [2.05, 4.69) is 20.5 Å². The van der Waals surface area contributed by atoms with E-state index in [-0.39, 0.29) is 17.8 Å². The lowest BCUT2D eigenvalue weighted by Crippen LogP contribution is -2.32. The number of carbonyl (C=O) groups excluding carboxylic acids is 1. The van der Waals surface area contributed by atoms with Crippen LogP contribution in [0.3, 0.4) is 0 Å². The van der Waals surface area contributed by atoms with Crippen LogP contribution in [0.1, 0.15) is 12.8 Å². The van der Waals surface area contributed by atoms with Crippen molar-refractivity contribution in [2.24, 2.45) is 0 Å². The Morgan fingerprint density at radius 3 is 2.88 bits per heavy atom. The molecule has 164 valence electrons. The standard InChI is InChI=1S/C23H22ClN5O2S/c24-15-7-9-16(10-8-15)29-22(19-13-25-20-6-2-1-5-18(19)20)27-28-23(29)32-14-21(30)26-12-17-4-3-11-31-17/h1-2,5-10,13,17,25H,3-4,11-12,14H2,(H,26,30)/t17-/m1/s1. The van der Waals surface area contributed by atoms with Gasteiger partial charge in [0.1, 0.15) is 0 Å². The van der Waals surface area contributed by atoms with Crippen LogP contribution in [0.5, 0.6) is 0 Å². The van der Waals surface area contributed by atoms with Crippen molar-refractivity contribution in [3.63, 3.8) is 0 Å². The second kappa shape index (κ2) is 9.36. The molecular weight excluding hydrogens is 446 g/mol. The van der Waals surface area contributed by atoms with E-state index in [1.54, 1.807) is 0 Å². The van der Waals surface area contributed by atoms with Gasteiger partial charge in [0, 0.05) is 46.5 Å². The number of aromatic amines is 1. The van der Waals surface area contributed by atoms with Crippen LogP contribution in [0.15, 0.2) is 59.9 Å². The number of hydrogen-bond acceptors (Lipinski definition) is 5. The molecule has 2 N–H and O–H groups in total. The minimum atomic E-state index is -0.0511. The van der Waals surface area contributed by atoms with Crippen molar-refractivity contribution in [1.29, 1.82) is 0 Å². The summed E-state index contributed by atoms with van der Waals surface area (Å²) in [6, 6.07) is 15.6. The first-order valence-electron chi connectivity index (χ1n) is 10.5. The molecule has 0 bridgehead atoms. The maximum atomic E-state index is 12.4. The molecule has 1 aliphatic rings. The Balaban J connectivity index is 1.42. The highest BCUT2D eigenvalue weighted by Gasteiger charge is 2.20. The smallest absolute Gasteiger partial charge is 0.230 e. The molecule has 3 heterocycles. The number of benzene rings is 2. The zero-order chi connectivity index (χ0) is 21.9. The predicted molar refractivity (Wildman–Crippen MR) is 126 cm³/mol. The average Bonchev–Trinajstić information content (AvgIpc) is 3.56. The fourth-order valence-corrected chi connectivity index (χ4v) is 4.74. The van der Waals surface area contributed by atoms with E-state index in [4.69, 9.17) is 16.3 Å². The summed E-state index contributed by atoms with van der Waals surface area (Å²) in [4.78, 5) is 15.7. The van der Waals surface area contributed by atoms with Gasteiger partial charge in [-0.2, -0.15) is 0 Å². The number of rotatable bonds is 7. The van der Waals surface area contributed by atoms with Gasteiger partial charge in [-0.1, -0.05) is 41.6 Å². The number of fused-ring (bicyclic) bond motifs is 1. The maximum absolute atomic E-state index is 12.4. The molecule has 1 fully saturated rings. The zero-order valence-corrected chi connectivity index (χ0v) is 18.8. The first-order valence-corrected chi connectivity index (χ1v) is 11.8. The van der Waals surface area contributed by atoms with Crippen LogP contribution in [0.4, 0.5) is 0 Å². The summed E-state index contributed by atoms with van der Waals surface area (Å²) in [7, 11) is 0. The van der Waals surface area contributed by atoms with Gasteiger partial charge in [-0.25, -0.2) is 0 Å². The van der Waals surface area contributed by atoms with Gasteiger partial charge in [0.2, 0.25) is 5.91 Å². The molecule has 1 saturated heterocycles. The van der Waals surface area contributed by atoms with Crippen LogP contribution in [0.2, 0.25) is 5.02 Å². The van der Waals surface area contributed by atoms with Gasteiger partial charge < -0.3 is 15.0 Å². The third-order valence-electron chi connectivity index (χ3n) is 5.43. The number of amides is 1. The molecule has 1 atom stereocenters. The second-order valence-corrected chi connectivity index (χ2v) is 8.97. The van der Waals surface area contributed by atoms with Crippen LogP contribution >= 0.6 is 23.4 Å². The monoisotopic (exact) mass is 467 g/mol. The molecule has 1 amide bonds. The molecule has 7 nitrogen and oxygen atoms in total. The molecule has 32 heavy (non-hydrogen) atoms. The summed E-state index contributed by atoms with van der Waals surface area (Å²) < 4.78 is 7.53. The van der Waals surface area contributed by atoms with Crippen molar-refractivity contribution in [2.45, 2.75) is 24.1 Å². The summed E-state index contributed by atoms with van der Waals surface area (Å²) in [5.74, 6) is 0.892. The van der Waals surface area contributed by atoms with E-state index in [0.29, 0.717) is 22.5 Å². The molecule has 0 unspecified atom stereocenters. The summed E-state index contributed by atoms with van der Waals surface area (Å²) in [5.41, 5.74) is 2.84. The van der Waals surface area contributed by atoms with Crippen molar-refractivity contribution < 1.29 is 9.53 Å². The van der Waals surface area contributed by atoms with Gasteiger partial charge in [-0.3, -0.25) is 9.36 Å². The maximum Gasteiger partial charge on any atom is 0.230 e. The molecular formula is C23H22ClN5O2S. The largest absolute Gasteiger partial charge is 0.376 e. The molecule has 2 aromatic heterocycles. The molecule has 1 aliphatic heterocycles. The summed E-state index contributed by atoms with van der Waals surface area (Å²) in [5, 5.41) is 14.2. The van der Waals surface area contributed by atoms with E-state index in [9.17, 15) is 4.79 Å². The summed E-state index contributed by atoms with van der Waals surface area (Å²) in [6.07, 6.45) is 4.10.